The van der Waals surface area contributed by atoms with Crippen LogP contribution in [0.25, 0.3) is 0 Å². The molecule has 1 saturated heterocycles. The maximum Gasteiger partial charge on any atom is 0.257 e. The molecule has 1 aromatic rings. The van der Waals surface area contributed by atoms with Crippen LogP contribution in [0.15, 0.2) is 18.5 Å². The maximum atomic E-state index is 12.3. The molecule has 1 atom stereocenters. The van der Waals surface area contributed by atoms with Crippen LogP contribution in [0, 0.1) is 0 Å². The van der Waals surface area contributed by atoms with Crippen molar-refractivity contribution in [1.82, 2.24) is 9.88 Å². The minimum absolute atomic E-state index is 0.0509. The summed E-state index contributed by atoms with van der Waals surface area (Å²) in [5.74, 6) is 2.24. The Morgan fingerprint density at radius 1 is 1.65 bits per heavy atom. The van der Waals surface area contributed by atoms with E-state index in [4.69, 9.17) is 0 Å². The van der Waals surface area contributed by atoms with E-state index in [1.165, 1.54) is 0 Å². The summed E-state index contributed by atoms with van der Waals surface area (Å²) in [6.45, 7) is 0. The molecular formula is C12H17N3OS. The summed E-state index contributed by atoms with van der Waals surface area (Å²) in [7, 11) is 3.70. The Bertz CT molecular complexity index is 404. The SMILES string of the molecule is CNc1ccncc1C(=O)N(C)C1CCSC1. The third kappa shape index (κ3) is 2.54. The van der Waals surface area contributed by atoms with Crippen LogP contribution < -0.4 is 5.32 Å². The Labute approximate surface area is 106 Å². The van der Waals surface area contributed by atoms with Crippen molar-refractivity contribution >= 4 is 23.4 Å². The average molecular weight is 251 g/mol. The first kappa shape index (κ1) is 12.2. The zero-order valence-corrected chi connectivity index (χ0v) is 11.0. The number of carbonyl (C=O) groups excluding carboxylic acids is 1. The molecule has 1 aliphatic heterocycles. The number of nitrogens with zero attached hydrogens (tertiary/aromatic N) is 2. The second kappa shape index (κ2) is 5.40. The second-order valence-electron chi connectivity index (χ2n) is 4.10. The van der Waals surface area contributed by atoms with Gasteiger partial charge in [0.05, 0.1) is 5.56 Å². The van der Waals surface area contributed by atoms with Gasteiger partial charge in [0.2, 0.25) is 0 Å². The first-order valence-corrected chi connectivity index (χ1v) is 6.86. The van der Waals surface area contributed by atoms with Crippen LogP contribution in [0.5, 0.6) is 0 Å². The third-order valence-corrected chi connectivity index (χ3v) is 4.24. The van der Waals surface area contributed by atoms with Gasteiger partial charge in [0.15, 0.2) is 0 Å². The van der Waals surface area contributed by atoms with Crippen LogP contribution in [0.4, 0.5) is 5.69 Å². The Balaban J connectivity index is 2.18. The van der Waals surface area contributed by atoms with Crippen LogP contribution in [0.1, 0.15) is 16.8 Å². The molecule has 1 aliphatic rings. The number of hydrogen-bond donors (Lipinski definition) is 1. The minimum atomic E-state index is 0.0509. The molecule has 2 heterocycles. The predicted molar refractivity (Wildman–Crippen MR) is 71.6 cm³/mol. The fourth-order valence-corrected chi connectivity index (χ4v) is 3.23. The lowest BCUT2D eigenvalue weighted by Crippen LogP contribution is -2.37. The van der Waals surface area contributed by atoms with Gasteiger partial charge >= 0.3 is 0 Å². The summed E-state index contributed by atoms with van der Waals surface area (Å²) in [4.78, 5) is 18.2. The van der Waals surface area contributed by atoms with Crippen molar-refractivity contribution in [1.29, 1.82) is 0 Å². The van der Waals surface area contributed by atoms with Crippen molar-refractivity contribution in [3.8, 4) is 0 Å². The number of carbonyl (C=O) groups is 1. The Kier molecular flexibility index (Phi) is 3.89. The number of nitrogens with one attached hydrogen (secondary N) is 1. The van der Waals surface area contributed by atoms with Crippen LogP contribution >= 0.6 is 11.8 Å². The highest BCUT2D eigenvalue weighted by Gasteiger charge is 2.25. The number of rotatable bonds is 3. The Hall–Kier alpha value is -1.23. The van der Waals surface area contributed by atoms with Crippen LogP contribution in [0.3, 0.4) is 0 Å². The molecule has 0 radical (unpaired) electrons. The minimum Gasteiger partial charge on any atom is -0.387 e. The molecule has 0 saturated carbocycles. The van der Waals surface area contributed by atoms with Crippen molar-refractivity contribution in [3.05, 3.63) is 24.0 Å². The molecule has 1 amide bonds. The van der Waals surface area contributed by atoms with Crippen LogP contribution in [0.2, 0.25) is 0 Å². The molecular weight excluding hydrogens is 234 g/mol. The summed E-state index contributed by atoms with van der Waals surface area (Å²) in [5.41, 5.74) is 1.48. The van der Waals surface area contributed by atoms with Gasteiger partial charge in [-0.15, -0.1) is 0 Å². The van der Waals surface area contributed by atoms with Gasteiger partial charge in [0.1, 0.15) is 0 Å². The summed E-state index contributed by atoms with van der Waals surface area (Å²) in [6, 6.07) is 2.18. The normalized spacial score (nSPS) is 19.1. The maximum absolute atomic E-state index is 12.3. The summed E-state index contributed by atoms with van der Waals surface area (Å²) in [6.07, 6.45) is 4.41. The predicted octanol–water partition coefficient (Wildman–Crippen LogP) is 1.70. The lowest BCUT2D eigenvalue weighted by Gasteiger charge is -2.24. The van der Waals surface area contributed by atoms with Gasteiger partial charge in [-0.1, -0.05) is 0 Å². The van der Waals surface area contributed by atoms with E-state index in [2.05, 4.69) is 10.3 Å². The van der Waals surface area contributed by atoms with Gasteiger partial charge in [-0.3, -0.25) is 9.78 Å². The van der Waals surface area contributed by atoms with E-state index in [1.54, 1.807) is 12.4 Å². The molecule has 1 N–H and O–H groups in total. The van der Waals surface area contributed by atoms with E-state index in [0.717, 1.165) is 23.6 Å². The molecule has 0 aromatic carbocycles. The lowest BCUT2D eigenvalue weighted by molar-refractivity contribution is 0.0748. The van der Waals surface area contributed by atoms with Gasteiger partial charge < -0.3 is 10.2 Å². The highest BCUT2D eigenvalue weighted by Crippen LogP contribution is 2.24. The van der Waals surface area contributed by atoms with Crippen molar-refractivity contribution in [2.75, 3.05) is 30.9 Å². The third-order valence-electron chi connectivity index (χ3n) is 3.09. The first-order valence-electron chi connectivity index (χ1n) is 5.70. The highest BCUT2D eigenvalue weighted by molar-refractivity contribution is 7.99. The molecule has 2 rings (SSSR count). The van der Waals surface area contributed by atoms with Crippen molar-refractivity contribution in [2.24, 2.45) is 0 Å². The lowest BCUT2D eigenvalue weighted by atomic mass is 10.1. The highest BCUT2D eigenvalue weighted by atomic mass is 32.2. The number of pyridine rings is 1. The second-order valence-corrected chi connectivity index (χ2v) is 5.25. The van der Waals surface area contributed by atoms with Crippen molar-refractivity contribution in [3.63, 3.8) is 0 Å². The molecule has 17 heavy (non-hydrogen) atoms. The molecule has 1 aromatic heterocycles. The number of aromatic nitrogens is 1. The molecule has 1 fully saturated rings. The molecule has 4 nitrogen and oxygen atoms in total. The summed E-state index contributed by atoms with van der Waals surface area (Å²) < 4.78 is 0. The van der Waals surface area contributed by atoms with Crippen molar-refractivity contribution in [2.45, 2.75) is 12.5 Å². The monoisotopic (exact) mass is 251 g/mol. The molecule has 0 bridgehead atoms. The van der Waals surface area contributed by atoms with Gasteiger partial charge in [-0.2, -0.15) is 11.8 Å². The van der Waals surface area contributed by atoms with E-state index in [-0.39, 0.29) is 5.91 Å². The molecule has 1 unspecified atom stereocenters. The van der Waals surface area contributed by atoms with E-state index in [0.29, 0.717) is 11.6 Å². The van der Waals surface area contributed by atoms with Crippen molar-refractivity contribution < 1.29 is 4.79 Å². The molecule has 92 valence electrons. The number of hydrogen-bond acceptors (Lipinski definition) is 4. The number of anilines is 1. The smallest absolute Gasteiger partial charge is 0.257 e. The molecule has 0 aliphatic carbocycles. The Morgan fingerprint density at radius 3 is 3.12 bits per heavy atom. The fourth-order valence-electron chi connectivity index (χ4n) is 1.97. The average Bonchev–Trinajstić information content (AvgIpc) is 2.90. The molecule has 5 heteroatoms. The first-order chi connectivity index (χ1) is 8.24. The summed E-state index contributed by atoms with van der Waals surface area (Å²) >= 11 is 1.91. The summed E-state index contributed by atoms with van der Waals surface area (Å²) in [5, 5.41) is 3.03. The van der Waals surface area contributed by atoms with Crippen LogP contribution in [-0.2, 0) is 0 Å². The number of amides is 1. The number of thioether (sulfide) groups is 1. The van der Waals surface area contributed by atoms with E-state index < -0.39 is 0 Å². The largest absolute Gasteiger partial charge is 0.387 e. The topological polar surface area (TPSA) is 45.2 Å². The van der Waals surface area contributed by atoms with E-state index in [1.807, 2.05) is 36.8 Å². The van der Waals surface area contributed by atoms with Gasteiger partial charge in [0, 0.05) is 44.0 Å². The standard InChI is InChI=1S/C12H17N3OS/c1-13-11-3-5-14-7-10(11)12(16)15(2)9-4-6-17-8-9/h3,5,7,9H,4,6,8H2,1-2H3,(H,13,14). The fraction of sp³-hybridized carbons (Fsp3) is 0.500. The zero-order chi connectivity index (χ0) is 12.3. The van der Waals surface area contributed by atoms with E-state index >= 15 is 0 Å². The van der Waals surface area contributed by atoms with E-state index in [9.17, 15) is 4.79 Å². The Morgan fingerprint density at radius 2 is 2.47 bits per heavy atom. The molecule has 0 spiro atoms. The quantitative estimate of drug-likeness (QED) is 0.888. The zero-order valence-electron chi connectivity index (χ0n) is 10.1. The van der Waals surface area contributed by atoms with Gasteiger partial charge in [0.25, 0.3) is 5.91 Å². The van der Waals surface area contributed by atoms with Gasteiger partial charge in [-0.25, -0.2) is 0 Å². The van der Waals surface area contributed by atoms with Crippen LogP contribution in [-0.4, -0.2) is 47.4 Å². The van der Waals surface area contributed by atoms with Gasteiger partial charge in [-0.05, 0) is 18.2 Å².